The molecule has 1 aliphatic heterocycles. The Balaban J connectivity index is 1.44. The van der Waals surface area contributed by atoms with Crippen molar-refractivity contribution >= 4 is 5.91 Å². The van der Waals surface area contributed by atoms with Crippen molar-refractivity contribution in [3.63, 3.8) is 0 Å². The molecule has 140 valence electrons. The van der Waals surface area contributed by atoms with Gasteiger partial charge in [0.1, 0.15) is 0 Å². The number of aromatic nitrogens is 3. The monoisotopic (exact) mass is 348 g/mol. The molecule has 1 saturated carbocycles. The van der Waals surface area contributed by atoms with E-state index in [1.807, 2.05) is 11.6 Å². The third-order valence-corrected chi connectivity index (χ3v) is 5.50. The molecule has 0 bridgehead atoms. The fraction of sp³-hybridized carbons (Fsp3) is 0.833. The molecule has 2 aliphatic rings. The number of nitrogens with one attached hydrogen (secondary N) is 3. The lowest BCUT2D eigenvalue weighted by Gasteiger charge is -2.23. The third kappa shape index (κ3) is 5.01. The minimum Gasteiger partial charge on any atom is -0.349 e. The van der Waals surface area contributed by atoms with Crippen molar-refractivity contribution in [1.82, 2.24) is 30.9 Å². The number of carbonyl (C=O) groups is 1. The topological polar surface area (TPSA) is 83.9 Å². The Morgan fingerprint density at radius 2 is 1.84 bits per heavy atom. The Labute approximate surface area is 150 Å². The fourth-order valence-corrected chi connectivity index (χ4v) is 3.97. The smallest absolute Gasteiger partial charge is 0.273 e. The van der Waals surface area contributed by atoms with Crippen molar-refractivity contribution < 1.29 is 4.79 Å². The molecule has 1 aliphatic carbocycles. The second-order valence-electron chi connectivity index (χ2n) is 7.35. The molecule has 0 aromatic carbocycles. The number of carbonyl (C=O) groups excluding carboxylic acids is 1. The molecular formula is C18H32N6O. The molecule has 0 atom stereocenters. The average Bonchev–Trinajstić information content (AvgIpc) is 2.84. The molecule has 1 aromatic heterocycles. The first-order valence-corrected chi connectivity index (χ1v) is 9.90. The van der Waals surface area contributed by atoms with Crippen LogP contribution < -0.4 is 16.0 Å². The number of piperidine rings is 1. The Morgan fingerprint density at radius 3 is 2.56 bits per heavy atom. The highest BCUT2D eigenvalue weighted by Gasteiger charge is 2.22. The number of nitrogens with zero attached hydrogens (tertiary/aromatic N) is 3. The highest BCUT2D eigenvalue weighted by molar-refractivity contribution is 5.93. The summed E-state index contributed by atoms with van der Waals surface area (Å²) in [5.74, 6) is -0.111. The van der Waals surface area contributed by atoms with Gasteiger partial charge in [0.2, 0.25) is 0 Å². The maximum atomic E-state index is 12.4. The van der Waals surface area contributed by atoms with Gasteiger partial charge in [0.05, 0.1) is 11.7 Å². The van der Waals surface area contributed by atoms with Crippen LogP contribution in [-0.2, 0) is 0 Å². The van der Waals surface area contributed by atoms with E-state index >= 15 is 0 Å². The summed E-state index contributed by atoms with van der Waals surface area (Å²) in [7, 11) is 0. The summed E-state index contributed by atoms with van der Waals surface area (Å²) in [5, 5.41) is 18.3. The summed E-state index contributed by atoms with van der Waals surface area (Å²) >= 11 is 0. The Bertz CT molecular complexity index is 544. The van der Waals surface area contributed by atoms with Crippen LogP contribution in [0.4, 0.5) is 0 Å². The van der Waals surface area contributed by atoms with Gasteiger partial charge in [-0.1, -0.05) is 30.9 Å². The SMILES string of the molecule is Cc1c(C(=O)NCCNC2CCCCCC2)nnn1C1CCNCC1. The normalized spacial score (nSPS) is 20.4. The van der Waals surface area contributed by atoms with Crippen LogP contribution >= 0.6 is 0 Å². The first kappa shape index (κ1) is 18.3. The summed E-state index contributed by atoms with van der Waals surface area (Å²) in [6, 6.07) is 0.967. The summed E-state index contributed by atoms with van der Waals surface area (Å²) in [5.41, 5.74) is 1.34. The van der Waals surface area contributed by atoms with Crippen LogP contribution in [0.2, 0.25) is 0 Å². The van der Waals surface area contributed by atoms with E-state index in [1.54, 1.807) is 0 Å². The van der Waals surface area contributed by atoms with E-state index in [2.05, 4.69) is 26.3 Å². The predicted molar refractivity (Wildman–Crippen MR) is 97.7 cm³/mol. The van der Waals surface area contributed by atoms with Crippen LogP contribution in [0, 0.1) is 6.92 Å². The Hall–Kier alpha value is -1.47. The van der Waals surface area contributed by atoms with Gasteiger partial charge < -0.3 is 16.0 Å². The van der Waals surface area contributed by atoms with Crippen molar-refractivity contribution in [3.05, 3.63) is 11.4 Å². The van der Waals surface area contributed by atoms with Crippen LogP contribution in [-0.4, -0.2) is 53.1 Å². The number of hydrogen-bond acceptors (Lipinski definition) is 5. The van der Waals surface area contributed by atoms with Gasteiger partial charge in [-0.2, -0.15) is 0 Å². The molecule has 3 N–H and O–H groups in total. The standard InChI is InChI=1S/C18H32N6O/c1-14-17(22-23-24(14)16-8-10-19-11-9-16)18(25)21-13-12-20-15-6-4-2-3-5-7-15/h15-16,19-20H,2-13H2,1H3,(H,21,25). The van der Waals surface area contributed by atoms with Gasteiger partial charge in [-0.3, -0.25) is 4.79 Å². The third-order valence-electron chi connectivity index (χ3n) is 5.50. The average molecular weight is 348 g/mol. The van der Waals surface area contributed by atoms with Crippen molar-refractivity contribution in [2.75, 3.05) is 26.2 Å². The van der Waals surface area contributed by atoms with Crippen LogP contribution in [0.3, 0.4) is 0 Å². The van der Waals surface area contributed by atoms with Crippen molar-refractivity contribution in [2.45, 2.75) is 70.4 Å². The van der Waals surface area contributed by atoms with Crippen molar-refractivity contribution in [2.24, 2.45) is 0 Å². The maximum Gasteiger partial charge on any atom is 0.273 e. The van der Waals surface area contributed by atoms with E-state index < -0.39 is 0 Å². The van der Waals surface area contributed by atoms with Crippen LogP contribution in [0.25, 0.3) is 0 Å². The maximum absolute atomic E-state index is 12.4. The van der Waals surface area contributed by atoms with Crippen LogP contribution in [0.1, 0.15) is 73.6 Å². The largest absolute Gasteiger partial charge is 0.349 e. The molecule has 2 fully saturated rings. The van der Waals surface area contributed by atoms with E-state index in [-0.39, 0.29) is 5.91 Å². The summed E-state index contributed by atoms with van der Waals surface area (Å²) in [4.78, 5) is 12.4. The molecule has 2 heterocycles. The molecule has 0 unspecified atom stereocenters. The van der Waals surface area contributed by atoms with E-state index in [9.17, 15) is 4.79 Å². The number of amides is 1. The zero-order chi connectivity index (χ0) is 17.5. The van der Waals surface area contributed by atoms with Gasteiger partial charge in [0.15, 0.2) is 5.69 Å². The fourth-order valence-electron chi connectivity index (χ4n) is 3.97. The van der Waals surface area contributed by atoms with E-state index in [4.69, 9.17) is 0 Å². The molecule has 0 spiro atoms. The second kappa shape index (κ2) is 9.29. The lowest BCUT2D eigenvalue weighted by molar-refractivity contribution is 0.0947. The zero-order valence-corrected chi connectivity index (χ0v) is 15.4. The molecule has 3 rings (SSSR count). The molecule has 1 amide bonds. The van der Waals surface area contributed by atoms with Crippen molar-refractivity contribution in [1.29, 1.82) is 0 Å². The first-order chi connectivity index (χ1) is 12.3. The Kier molecular flexibility index (Phi) is 6.81. The van der Waals surface area contributed by atoms with E-state index in [1.165, 1.54) is 38.5 Å². The van der Waals surface area contributed by atoms with E-state index in [0.29, 0.717) is 24.3 Å². The van der Waals surface area contributed by atoms with Gasteiger partial charge in [-0.15, -0.1) is 5.10 Å². The number of hydrogen-bond donors (Lipinski definition) is 3. The molecule has 7 nitrogen and oxygen atoms in total. The molecule has 25 heavy (non-hydrogen) atoms. The predicted octanol–water partition coefficient (Wildman–Crippen LogP) is 1.55. The lowest BCUT2D eigenvalue weighted by Crippen LogP contribution is -2.37. The zero-order valence-electron chi connectivity index (χ0n) is 15.4. The minimum absolute atomic E-state index is 0.111. The van der Waals surface area contributed by atoms with Gasteiger partial charge in [-0.25, -0.2) is 4.68 Å². The number of rotatable bonds is 6. The highest BCUT2D eigenvalue weighted by atomic mass is 16.2. The Morgan fingerprint density at radius 1 is 1.12 bits per heavy atom. The summed E-state index contributed by atoms with van der Waals surface area (Å²) in [6.07, 6.45) is 9.97. The second-order valence-corrected chi connectivity index (χ2v) is 7.35. The van der Waals surface area contributed by atoms with E-state index in [0.717, 1.165) is 38.2 Å². The van der Waals surface area contributed by atoms with Gasteiger partial charge >= 0.3 is 0 Å². The molecule has 1 saturated heterocycles. The van der Waals surface area contributed by atoms with Crippen molar-refractivity contribution in [3.8, 4) is 0 Å². The van der Waals surface area contributed by atoms with Gasteiger partial charge in [0, 0.05) is 19.1 Å². The summed E-state index contributed by atoms with van der Waals surface area (Å²) < 4.78 is 1.93. The van der Waals surface area contributed by atoms with Crippen LogP contribution in [0.5, 0.6) is 0 Å². The van der Waals surface area contributed by atoms with Crippen LogP contribution in [0.15, 0.2) is 0 Å². The summed E-state index contributed by atoms with van der Waals surface area (Å²) in [6.45, 7) is 5.39. The minimum atomic E-state index is -0.111. The van der Waals surface area contributed by atoms with Gasteiger partial charge in [0.25, 0.3) is 5.91 Å². The molecular weight excluding hydrogens is 316 g/mol. The highest BCUT2D eigenvalue weighted by Crippen LogP contribution is 2.20. The first-order valence-electron chi connectivity index (χ1n) is 9.90. The van der Waals surface area contributed by atoms with Gasteiger partial charge in [-0.05, 0) is 45.7 Å². The molecule has 7 heteroatoms. The molecule has 0 radical (unpaired) electrons. The molecule has 1 aromatic rings. The lowest BCUT2D eigenvalue weighted by atomic mass is 10.1. The quantitative estimate of drug-likeness (QED) is 0.537.